The van der Waals surface area contributed by atoms with Crippen LogP contribution in [0.4, 0.5) is 4.39 Å². The zero-order valence-electron chi connectivity index (χ0n) is 46.0. The van der Waals surface area contributed by atoms with Crippen molar-refractivity contribution < 1.29 is 32.7 Å². The number of hydrogen-bond donors (Lipinski definition) is 0. The van der Waals surface area contributed by atoms with E-state index in [1.54, 1.807) is 11.3 Å². The van der Waals surface area contributed by atoms with Crippen LogP contribution in [-0.2, 0) is 31.9 Å². The van der Waals surface area contributed by atoms with E-state index in [4.69, 9.17) is 23.2 Å². The predicted molar refractivity (Wildman–Crippen MR) is 287 cm³/mol. The number of benzene rings is 5. The van der Waals surface area contributed by atoms with Crippen LogP contribution in [0.1, 0.15) is 82.8 Å². The Balaban J connectivity index is 0.000000225. The van der Waals surface area contributed by atoms with Crippen LogP contribution in [0.15, 0.2) is 121 Å². The van der Waals surface area contributed by atoms with E-state index in [-0.39, 0.29) is 42.3 Å². The average Bonchev–Trinajstić information content (AvgIpc) is 4.11. The summed E-state index contributed by atoms with van der Waals surface area (Å²) in [7, 11) is 0. The van der Waals surface area contributed by atoms with Crippen LogP contribution in [0, 0.1) is 44.5 Å². The van der Waals surface area contributed by atoms with Gasteiger partial charge < -0.3 is 4.57 Å². The molecule has 0 aliphatic heterocycles. The van der Waals surface area contributed by atoms with Crippen molar-refractivity contribution in [3.8, 4) is 39.5 Å². The van der Waals surface area contributed by atoms with Gasteiger partial charge >= 0.3 is 125 Å². The number of pyridine rings is 3. The molecule has 1 saturated carbocycles. The van der Waals surface area contributed by atoms with Gasteiger partial charge in [-0.3, -0.25) is 9.97 Å². The molecule has 0 unspecified atom stereocenters. The van der Waals surface area contributed by atoms with Gasteiger partial charge in [0.15, 0.2) is 0 Å². The van der Waals surface area contributed by atoms with Gasteiger partial charge in [-0.25, -0.2) is 4.98 Å². The van der Waals surface area contributed by atoms with Gasteiger partial charge in [-0.2, -0.15) is 11.3 Å². The number of aromatic nitrogens is 5. The van der Waals surface area contributed by atoms with Crippen LogP contribution in [0.2, 0.25) is 17.3 Å². The minimum absolute atomic E-state index is 0. The quantitative estimate of drug-likeness (QED) is 0.118. The maximum absolute atomic E-state index is 14.7. The van der Waals surface area contributed by atoms with Crippen molar-refractivity contribution in [3.05, 3.63) is 167 Å². The second-order valence-corrected chi connectivity index (χ2v) is 31.8. The van der Waals surface area contributed by atoms with Gasteiger partial charge in [0.2, 0.25) is 0 Å². The average molecular weight is 1170 g/mol. The van der Waals surface area contributed by atoms with E-state index < -0.39 is 38.4 Å². The third-order valence-corrected chi connectivity index (χ3v) is 18.6. The zero-order valence-corrected chi connectivity index (χ0v) is 45.3. The molecule has 11 rings (SSSR count). The van der Waals surface area contributed by atoms with Crippen LogP contribution < -0.4 is 4.40 Å². The van der Waals surface area contributed by atoms with Gasteiger partial charge in [0.1, 0.15) is 4.83 Å². The van der Waals surface area contributed by atoms with Crippen molar-refractivity contribution in [3.63, 3.8) is 0 Å². The molecule has 0 spiro atoms. The Bertz CT molecular complexity index is 3760. The minimum atomic E-state index is -2.61. The van der Waals surface area contributed by atoms with Crippen molar-refractivity contribution in [2.45, 2.75) is 96.2 Å². The van der Waals surface area contributed by atoms with Gasteiger partial charge in [0, 0.05) is 42.6 Å². The minimum Gasteiger partial charge on any atom is 0 e. The SMILES string of the molecule is Cc1ccc2c(ccc3nc(-c4[c-]ccc5c4sc4nc(CC6CCCC6)ccc45)n(-c4ccc(-c5ccccc5)cc4C(C)(C)C)c32)n1.[2H]C([2H])([2H])c1cc(-c2[c-]ccc(C([2H])([2H])[2H])c2F)nc[c]1[Ge]([CH3])([CH3])[CH3].[Ir]. The number of hydrogen-bond acceptors (Lipinski definition) is 5. The van der Waals surface area contributed by atoms with Gasteiger partial charge in [0.25, 0.3) is 0 Å². The number of halogens is 1. The van der Waals surface area contributed by atoms with Crippen LogP contribution in [0.5, 0.6) is 0 Å². The molecule has 10 aromatic rings. The van der Waals surface area contributed by atoms with Crippen molar-refractivity contribution in [2.75, 3.05) is 0 Å². The fourth-order valence-corrected chi connectivity index (χ4v) is 13.7. The van der Waals surface area contributed by atoms with E-state index >= 15 is 0 Å². The Morgan fingerprint density at radius 2 is 1.51 bits per heavy atom. The number of nitrogens with zero attached hydrogens (tertiary/aromatic N) is 5. The molecule has 9 heteroatoms. The number of thiophene rings is 1. The molecule has 5 nitrogen and oxygen atoms in total. The third-order valence-electron chi connectivity index (χ3n) is 13.2. The summed E-state index contributed by atoms with van der Waals surface area (Å²) in [4.78, 5) is 20.9. The van der Waals surface area contributed by atoms with E-state index in [0.717, 1.165) is 72.3 Å². The molecule has 0 amide bonds. The first kappa shape index (κ1) is 41.4. The molecule has 1 aliphatic carbocycles. The first-order valence-corrected chi connectivity index (χ1v) is 31.6. The smallest absolute Gasteiger partial charge is 0 e. The van der Waals surface area contributed by atoms with E-state index in [1.165, 1.54) is 81.9 Å². The van der Waals surface area contributed by atoms with Crippen LogP contribution >= 0.6 is 11.3 Å². The first-order valence-electron chi connectivity index (χ1n) is 26.5. The Morgan fingerprint density at radius 1 is 0.768 bits per heavy atom. The van der Waals surface area contributed by atoms with E-state index in [1.807, 2.05) is 17.3 Å². The number of aryl methyl sites for hydroxylation is 3. The molecule has 5 aromatic carbocycles. The monoisotopic (exact) mass is 1170 g/mol. The van der Waals surface area contributed by atoms with E-state index in [2.05, 4.69) is 146 Å². The molecule has 0 bridgehead atoms. The molecule has 0 atom stereocenters. The second kappa shape index (κ2) is 19.4. The molecule has 351 valence electrons. The molecule has 0 N–H and O–H groups in total. The maximum atomic E-state index is 14.7. The standard InChI is InChI=1S/C44H39N4S.C16H19FGeN.Ir/c1-27-17-20-34-37(45-27)22-23-38-40(34)48(39-24-18-30(26-36(39)44(2,3)4)29-13-6-5-7-14-29)42(47-38)35-16-10-15-32-33-21-19-31(25-28-11-8-9-12-28)46-43(33)49-41(32)35;1-11-7-6-8-13(16(11)17)15-9-12(2)14(10-19-15)18(3,4)5;/h5-7,10,13-15,17-24,26,28H,8-9,11-12,25H2,1-4H3;6-7,9-10H,1-5H3;/q2*-1;/i;1D3,2D3;. The molecule has 1 aliphatic rings. The molecule has 5 heterocycles. The summed E-state index contributed by atoms with van der Waals surface area (Å²) in [5.74, 6) is 6.86. The fraction of sp³-hybridized carbons (Fsp3) is 0.267. The second-order valence-electron chi connectivity index (χ2n) is 20.2. The van der Waals surface area contributed by atoms with Gasteiger partial charge in [-0.05, 0) is 93.9 Å². The summed E-state index contributed by atoms with van der Waals surface area (Å²) in [5.41, 5.74) is 10.5. The van der Waals surface area contributed by atoms with Crippen LogP contribution in [0.3, 0.4) is 0 Å². The zero-order chi connectivity index (χ0) is 52.5. The van der Waals surface area contributed by atoms with E-state index in [9.17, 15) is 4.39 Å². The summed E-state index contributed by atoms with van der Waals surface area (Å²) < 4.78 is 64.5. The predicted octanol–water partition coefficient (Wildman–Crippen LogP) is 15.7. The van der Waals surface area contributed by atoms with Crippen molar-refractivity contribution in [1.29, 1.82) is 0 Å². The summed E-state index contributed by atoms with van der Waals surface area (Å²) in [6.45, 7) is 3.99. The molecule has 0 saturated heterocycles. The van der Waals surface area contributed by atoms with Crippen LogP contribution in [0.25, 0.3) is 81.7 Å². The van der Waals surface area contributed by atoms with Crippen molar-refractivity contribution in [1.82, 2.24) is 24.5 Å². The van der Waals surface area contributed by atoms with Crippen molar-refractivity contribution in [2.24, 2.45) is 5.92 Å². The maximum Gasteiger partial charge on any atom is 0 e. The molecule has 5 aromatic heterocycles. The molecular weight excluding hydrogens is 1110 g/mol. The Labute approximate surface area is 434 Å². The Hall–Kier alpha value is -5.38. The molecular formula is C60H58FGeIrN5S-2. The molecule has 1 radical (unpaired) electrons. The number of imidazole rings is 1. The van der Waals surface area contributed by atoms with Crippen LogP contribution in [-0.4, -0.2) is 37.8 Å². The summed E-state index contributed by atoms with van der Waals surface area (Å²) in [5, 5.41) is 3.52. The summed E-state index contributed by atoms with van der Waals surface area (Å²) >= 11 is -0.739. The molecule has 1 fully saturated rings. The van der Waals surface area contributed by atoms with Gasteiger partial charge in [-0.1, -0.05) is 99.9 Å². The largest absolute Gasteiger partial charge is 0 e. The Morgan fingerprint density at radius 3 is 2.26 bits per heavy atom. The number of rotatable bonds is 7. The fourth-order valence-electron chi connectivity index (χ4n) is 9.72. The summed E-state index contributed by atoms with van der Waals surface area (Å²) in [6.07, 6.45) is 7.93. The topological polar surface area (TPSA) is 56.5 Å². The van der Waals surface area contributed by atoms with Crippen molar-refractivity contribution >= 4 is 71.2 Å². The molecule has 69 heavy (non-hydrogen) atoms. The van der Waals surface area contributed by atoms with Gasteiger partial charge in [-0.15, -0.1) is 18.2 Å². The van der Waals surface area contributed by atoms with E-state index in [0.29, 0.717) is 0 Å². The first-order chi connectivity index (χ1) is 35.0. The van der Waals surface area contributed by atoms with Gasteiger partial charge in [0.05, 0.1) is 22.4 Å². The summed E-state index contributed by atoms with van der Waals surface area (Å²) in [6, 6.07) is 45.0. The Kier molecular flexibility index (Phi) is 11.7. The third kappa shape index (κ3) is 9.63. The normalized spacial score (nSPS) is 15.0. The number of fused-ring (bicyclic) bond motifs is 6.